The topological polar surface area (TPSA) is 35.5 Å². The molecular formula is C17H17BrO3. The van der Waals surface area contributed by atoms with E-state index < -0.39 is 0 Å². The molecule has 0 fully saturated rings. The summed E-state index contributed by atoms with van der Waals surface area (Å²) in [7, 11) is 0. The highest BCUT2D eigenvalue weighted by Crippen LogP contribution is 2.26. The molecule has 0 saturated carbocycles. The van der Waals surface area contributed by atoms with Crippen LogP contribution >= 0.6 is 15.9 Å². The zero-order valence-electron chi connectivity index (χ0n) is 11.8. The molecule has 110 valence electrons. The van der Waals surface area contributed by atoms with Gasteiger partial charge in [0.15, 0.2) is 23.9 Å². The lowest BCUT2D eigenvalue weighted by atomic mass is 10.1. The van der Waals surface area contributed by atoms with Crippen LogP contribution in [0.25, 0.3) is 0 Å². The molecule has 0 aliphatic heterocycles. The van der Waals surface area contributed by atoms with Gasteiger partial charge >= 0.3 is 0 Å². The number of benzene rings is 2. The fourth-order valence-electron chi connectivity index (χ4n) is 1.79. The van der Waals surface area contributed by atoms with E-state index in [0.29, 0.717) is 23.7 Å². The van der Waals surface area contributed by atoms with Crippen molar-refractivity contribution < 1.29 is 14.3 Å². The van der Waals surface area contributed by atoms with Crippen LogP contribution in [0, 0.1) is 0 Å². The second-order valence-corrected chi connectivity index (χ2v) is 5.43. The molecule has 0 radical (unpaired) electrons. The van der Waals surface area contributed by atoms with Crippen molar-refractivity contribution >= 4 is 21.7 Å². The number of para-hydroxylation sites is 2. The first-order valence-electron chi connectivity index (χ1n) is 6.84. The lowest BCUT2D eigenvalue weighted by Crippen LogP contribution is -2.12. The number of hydrogen-bond donors (Lipinski definition) is 0. The first-order chi connectivity index (χ1) is 10.2. The molecule has 0 N–H and O–H groups in total. The zero-order chi connectivity index (χ0) is 15.1. The van der Waals surface area contributed by atoms with E-state index in [1.165, 1.54) is 0 Å². The molecule has 2 aromatic carbocycles. The minimum absolute atomic E-state index is 0.0110. The van der Waals surface area contributed by atoms with E-state index in [0.717, 1.165) is 10.9 Å². The maximum absolute atomic E-state index is 12.1. The van der Waals surface area contributed by atoms with Crippen LogP contribution in [-0.2, 0) is 0 Å². The molecule has 0 atom stereocenters. The summed E-state index contributed by atoms with van der Waals surface area (Å²) in [6.07, 6.45) is 0.922. The third kappa shape index (κ3) is 4.60. The Kier molecular flexibility index (Phi) is 5.81. The first-order valence-corrected chi connectivity index (χ1v) is 7.63. The minimum Gasteiger partial charge on any atom is -0.490 e. The second kappa shape index (κ2) is 7.84. The monoisotopic (exact) mass is 348 g/mol. The Morgan fingerprint density at radius 1 is 1.05 bits per heavy atom. The number of rotatable bonds is 7. The summed E-state index contributed by atoms with van der Waals surface area (Å²) in [5.74, 6) is 1.19. The molecule has 2 rings (SSSR count). The average molecular weight is 349 g/mol. The molecule has 0 unspecified atom stereocenters. The lowest BCUT2D eigenvalue weighted by Gasteiger charge is -2.11. The Labute approximate surface area is 133 Å². The molecule has 0 aliphatic rings. The average Bonchev–Trinajstić information content (AvgIpc) is 2.51. The molecule has 0 spiro atoms. The Bertz CT molecular complexity index is 610. The number of Topliss-reactive ketones (excluding diaryl/α,β-unsaturated/α-hetero) is 1. The van der Waals surface area contributed by atoms with Crippen molar-refractivity contribution in [3.05, 3.63) is 58.6 Å². The Hall–Kier alpha value is -1.81. The predicted molar refractivity (Wildman–Crippen MR) is 86.2 cm³/mol. The van der Waals surface area contributed by atoms with Gasteiger partial charge in [-0.05, 0) is 30.7 Å². The summed E-state index contributed by atoms with van der Waals surface area (Å²) < 4.78 is 12.1. The van der Waals surface area contributed by atoms with Crippen LogP contribution in [0.15, 0.2) is 53.0 Å². The zero-order valence-corrected chi connectivity index (χ0v) is 13.4. The van der Waals surface area contributed by atoms with Crippen molar-refractivity contribution in [1.29, 1.82) is 0 Å². The van der Waals surface area contributed by atoms with Crippen molar-refractivity contribution in [1.82, 2.24) is 0 Å². The van der Waals surface area contributed by atoms with E-state index in [2.05, 4.69) is 15.9 Å². The van der Waals surface area contributed by atoms with Gasteiger partial charge in [0.25, 0.3) is 0 Å². The van der Waals surface area contributed by atoms with Gasteiger partial charge < -0.3 is 9.47 Å². The van der Waals surface area contributed by atoms with Gasteiger partial charge in [0.1, 0.15) is 0 Å². The van der Waals surface area contributed by atoms with Crippen LogP contribution in [0.2, 0.25) is 0 Å². The highest BCUT2D eigenvalue weighted by atomic mass is 79.9. The quantitative estimate of drug-likeness (QED) is 0.691. The summed E-state index contributed by atoms with van der Waals surface area (Å²) in [6.45, 7) is 2.66. The predicted octanol–water partition coefficient (Wildman–Crippen LogP) is 4.50. The summed E-state index contributed by atoms with van der Waals surface area (Å²) >= 11 is 3.35. The molecule has 0 bridgehead atoms. The fourth-order valence-corrected chi connectivity index (χ4v) is 2.19. The largest absolute Gasteiger partial charge is 0.490 e. The number of hydrogen-bond acceptors (Lipinski definition) is 3. The van der Waals surface area contributed by atoms with Crippen LogP contribution in [0.5, 0.6) is 11.5 Å². The van der Waals surface area contributed by atoms with Crippen LogP contribution in [0.4, 0.5) is 0 Å². The van der Waals surface area contributed by atoms with E-state index >= 15 is 0 Å². The molecule has 0 aliphatic carbocycles. The minimum atomic E-state index is -0.0680. The summed E-state index contributed by atoms with van der Waals surface area (Å²) in [5, 5.41) is 0. The fraction of sp³-hybridized carbons (Fsp3) is 0.235. The van der Waals surface area contributed by atoms with E-state index in [4.69, 9.17) is 9.47 Å². The highest BCUT2D eigenvalue weighted by Gasteiger charge is 2.10. The Morgan fingerprint density at radius 2 is 1.76 bits per heavy atom. The van der Waals surface area contributed by atoms with Gasteiger partial charge in [-0.15, -0.1) is 0 Å². The maximum atomic E-state index is 12.1. The van der Waals surface area contributed by atoms with Gasteiger partial charge in [-0.25, -0.2) is 0 Å². The van der Waals surface area contributed by atoms with Crippen LogP contribution in [0.3, 0.4) is 0 Å². The molecule has 0 aromatic heterocycles. The van der Waals surface area contributed by atoms with Gasteiger partial charge in [0.05, 0.1) is 6.61 Å². The standard InChI is InChI=1S/C17H17BrO3/c1-2-10-20-16-8-3-4-9-17(16)21-12-15(19)13-6-5-7-14(18)11-13/h3-9,11H,2,10,12H2,1H3. The second-order valence-electron chi connectivity index (χ2n) is 4.52. The number of carbonyl (C=O) groups is 1. The SMILES string of the molecule is CCCOc1ccccc1OCC(=O)c1cccc(Br)c1. The van der Waals surface area contributed by atoms with E-state index in [-0.39, 0.29) is 12.4 Å². The molecule has 0 amide bonds. The van der Waals surface area contributed by atoms with Crippen molar-refractivity contribution in [3.63, 3.8) is 0 Å². The number of carbonyl (C=O) groups excluding carboxylic acids is 1. The van der Waals surface area contributed by atoms with Gasteiger partial charge in [0.2, 0.25) is 0 Å². The molecule has 3 nitrogen and oxygen atoms in total. The van der Waals surface area contributed by atoms with Crippen molar-refractivity contribution in [2.45, 2.75) is 13.3 Å². The Balaban J connectivity index is 2.01. The normalized spacial score (nSPS) is 10.2. The van der Waals surface area contributed by atoms with Crippen LogP contribution in [0.1, 0.15) is 23.7 Å². The third-order valence-electron chi connectivity index (χ3n) is 2.82. The van der Waals surface area contributed by atoms with Gasteiger partial charge in [-0.3, -0.25) is 4.79 Å². The van der Waals surface area contributed by atoms with Crippen LogP contribution < -0.4 is 9.47 Å². The molecule has 4 heteroatoms. The van der Waals surface area contributed by atoms with Crippen molar-refractivity contribution in [2.75, 3.05) is 13.2 Å². The maximum Gasteiger partial charge on any atom is 0.200 e. The smallest absolute Gasteiger partial charge is 0.200 e. The van der Waals surface area contributed by atoms with E-state index in [1.54, 1.807) is 18.2 Å². The van der Waals surface area contributed by atoms with Gasteiger partial charge in [-0.2, -0.15) is 0 Å². The summed E-state index contributed by atoms with van der Waals surface area (Å²) in [5.41, 5.74) is 0.622. The third-order valence-corrected chi connectivity index (χ3v) is 3.31. The molecule has 0 heterocycles. The first kappa shape index (κ1) is 15.6. The molecular weight excluding hydrogens is 332 g/mol. The van der Waals surface area contributed by atoms with E-state index in [9.17, 15) is 4.79 Å². The summed E-state index contributed by atoms with van der Waals surface area (Å²) in [6, 6.07) is 14.7. The van der Waals surface area contributed by atoms with Gasteiger partial charge in [-0.1, -0.05) is 47.1 Å². The summed E-state index contributed by atoms with van der Waals surface area (Å²) in [4.78, 5) is 12.1. The Morgan fingerprint density at radius 3 is 2.43 bits per heavy atom. The number of ketones is 1. The number of halogens is 1. The van der Waals surface area contributed by atoms with Gasteiger partial charge in [0, 0.05) is 10.0 Å². The van der Waals surface area contributed by atoms with Crippen LogP contribution in [-0.4, -0.2) is 19.0 Å². The highest BCUT2D eigenvalue weighted by molar-refractivity contribution is 9.10. The van der Waals surface area contributed by atoms with E-state index in [1.807, 2.05) is 37.3 Å². The molecule has 2 aromatic rings. The molecule has 0 saturated heterocycles. The van der Waals surface area contributed by atoms with Crippen molar-refractivity contribution in [3.8, 4) is 11.5 Å². The molecule has 21 heavy (non-hydrogen) atoms. The number of ether oxygens (including phenoxy) is 2. The van der Waals surface area contributed by atoms with Crippen molar-refractivity contribution in [2.24, 2.45) is 0 Å². The lowest BCUT2D eigenvalue weighted by molar-refractivity contribution is 0.0918.